The molecule has 4 heteroatoms. The van der Waals surface area contributed by atoms with E-state index in [9.17, 15) is 0 Å². The molecule has 1 aromatic carbocycles. The topological polar surface area (TPSA) is 27.1 Å². The Balaban J connectivity index is 2.22. The van der Waals surface area contributed by atoms with Crippen LogP contribution in [0.4, 0.5) is 0 Å². The van der Waals surface area contributed by atoms with E-state index >= 15 is 0 Å². The molecule has 0 radical (unpaired) electrons. The van der Waals surface area contributed by atoms with Crippen molar-refractivity contribution in [3.05, 3.63) is 51.3 Å². The number of aromatic nitrogens is 2. The van der Waals surface area contributed by atoms with Gasteiger partial charge in [-0.15, -0.1) is 0 Å². The van der Waals surface area contributed by atoms with Gasteiger partial charge in [-0.25, -0.2) is 4.98 Å². The van der Waals surface area contributed by atoms with Gasteiger partial charge in [0, 0.05) is 22.4 Å². The Morgan fingerprint density at radius 3 is 2.22 bits per heavy atom. The van der Waals surface area contributed by atoms with Gasteiger partial charge in [0.05, 0.1) is 10.9 Å². The first-order valence-electron chi connectivity index (χ1n) is 9.85. The summed E-state index contributed by atoms with van der Waals surface area (Å²) in [5, 5.41) is 1.15. The van der Waals surface area contributed by atoms with Gasteiger partial charge in [-0.2, -0.15) is 0 Å². The van der Waals surface area contributed by atoms with Crippen LogP contribution < -0.4 is 4.74 Å². The molecule has 0 saturated heterocycles. The molecule has 0 aliphatic carbocycles. The molecule has 3 rings (SSSR count). The Bertz CT molecular complexity index is 947. The fourth-order valence-electron chi connectivity index (χ4n) is 3.92. The van der Waals surface area contributed by atoms with E-state index in [-0.39, 0.29) is 0 Å². The lowest BCUT2D eigenvalue weighted by Crippen LogP contribution is -2.05. The number of hydrogen-bond acceptors (Lipinski definition) is 2. The number of fused-ring (bicyclic) bond motifs is 1. The van der Waals surface area contributed by atoms with Crippen LogP contribution in [0.2, 0.25) is 0 Å². The van der Waals surface area contributed by atoms with Crippen LogP contribution in [0.15, 0.2) is 28.9 Å². The van der Waals surface area contributed by atoms with Gasteiger partial charge in [-0.3, -0.25) is 0 Å². The molecular weight excluding hydrogens is 400 g/mol. The highest BCUT2D eigenvalue weighted by Crippen LogP contribution is 2.38. The van der Waals surface area contributed by atoms with Gasteiger partial charge in [0.25, 0.3) is 0 Å². The Morgan fingerprint density at radius 1 is 1.04 bits per heavy atom. The zero-order valence-electron chi connectivity index (χ0n) is 17.2. The van der Waals surface area contributed by atoms with Gasteiger partial charge < -0.3 is 9.30 Å². The van der Waals surface area contributed by atoms with Gasteiger partial charge in [-0.1, -0.05) is 36.7 Å². The Hall–Kier alpha value is -1.81. The van der Waals surface area contributed by atoms with Crippen molar-refractivity contribution in [2.24, 2.45) is 0 Å². The van der Waals surface area contributed by atoms with Crippen LogP contribution in [0.5, 0.6) is 11.6 Å². The van der Waals surface area contributed by atoms with Crippen LogP contribution in [0.3, 0.4) is 0 Å². The zero-order chi connectivity index (χ0) is 19.7. The summed E-state index contributed by atoms with van der Waals surface area (Å²) in [5.74, 6) is 1.62. The smallest absolute Gasteiger partial charge is 0.229 e. The van der Waals surface area contributed by atoms with Crippen molar-refractivity contribution in [2.45, 2.75) is 66.8 Å². The number of hydrogen-bond donors (Lipinski definition) is 0. The molecule has 2 aromatic heterocycles. The van der Waals surface area contributed by atoms with E-state index in [1.54, 1.807) is 0 Å². The normalized spacial score (nSPS) is 11.6. The number of benzene rings is 1. The van der Waals surface area contributed by atoms with Crippen LogP contribution >= 0.6 is 15.9 Å². The molecule has 3 nitrogen and oxygen atoms in total. The molecule has 0 bridgehead atoms. The third kappa shape index (κ3) is 3.77. The average molecular weight is 429 g/mol. The summed E-state index contributed by atoms with van der Waals surface area (Å²) in [7, 11) is 0. The molecular formula is C23H29BrN2O. The number of pyridine rings is 1. The number of halogens is 1. The van der Waals surface area contributed by atoms with Crippen molar-refractivity contribution in [2.75, 3.05) is 0 Å². The first-order chi connectivity index (χ1) is 12.9. The van der Waals surface area contributed by atoms with Gasteiger partial charge in [0.15, 0.2) is 0 Å². The highest BCUT2D eigenvalue weighted by Gasteiger charge is 2.20. The summed E-state index contributed by atoms with van der Waals surface area (Å²) in [5.41, 5.74) is 5.73. The minimum Gasteiger partial charge on any atom is -0.438 e. The molecule has 2 heterocycles. The van der Waals surface area contributed by atoms with E-state index in [1.807, 2.05) is 6.92 Å². The molecule has 0 atom stereocenters. The second kappa shape index (κ2) is 8.05. The van der Waals surface area contributed by atoms with Crippen LogP contribution in [-0.4, -0.2) is 9.55 Å². The monoisotopic (exact) mass is 428 g/mol. The van der Waals surface area contributed by atoms with Crippen molar-refractivity contribution < 1.29 is 4.74 Å². The fourth-order valence-corrected chi connectivity index (χ4v) is 4.60. The van der Waals surface area contributed by atoms with Crippen LogP contribution in [0, 0.1) is 20.8 Å². The molecule has 144 valence electrons. The molecule has 3 aromatic rings. The predicted octanol–water partition coefficient (Wildman–Crippen LogP) is 7.44. The summed E-state index contributed by atoms with van der Waals surface area (Å²) in [4.78, 5) is 4.79. The number of rotatable bonds is 6. The summed E-state index contributed by atoms with van der Waals surface area (Å²) < 4.78 is 9.94. The average Bonchev–Trinajstić information content (AvgIpc) is 2.97. The maximum Gasteiger partial charge on any atom is 0.229 e. The van der Waals surface area contributed by atoms with E-state index in [2.05, 4.69) is 79.5 Å². The van der Waals surface area contributed by atoms with Crippen LogP contribution in [0.25, 0.3) is 10.9 Å². The third-order valence-corrected chi connectivity index (χ3v) is 5.79. The molecule has 0 amide bonds. The molecule has 0 aliphatic heterocycles. The van der Waals surface area contributed by atoms with Gasteiger partial charge in [0.2, 0.25) is 5.88 Å². The van der Waals surface area contributed by atoms with E-state index in [1.165, 1.54) is 11.1 Å². The Kier molecular flexibility index (Phi) is 5.95. The summed E-state index contributed by atoms with van der Waals surface area (Å²) in [6.45, 7) is 12.9. The van der Waals surface area contributed by atoms with Gasteiger partial charge in [0.1, 0.15) is 5.75 Å². The van der Waals surface area contributed by atoms with Crippen molar-refractivity contribution in [3.63, 3.8) is 0 Å². The molecule has 27 heavy (non-hydrogen) atoms. The van der Waals surface area contributed by atoms with E-state index in [0.29, 0.717) is 6.04 Å². The van der Waals surface area contributed by atoms with Crippen LogP contribution in [-0.2, 0) is 6.42 Å². The van der Waals surface area contributed by atoms with Crippen molar-refractivity contribution in [3.8, 4) is 11.6 Å². The summed E-state index contributed by atoms with van der Waals surface area (Å²) >= 11 is 3.57. The minimum absolute atomic E-state index is 0.499. The van der Waals surface area contributed by atoms with Crippen LogP contribution in [0.1, 0.15) is 62.0 Å². The lowest BCUT2D eigenvalue weighted by Gasteiger charge is -2.17. The van der Waals surface area contributed by atoms with Gasteiger partial charge in [-0.05, 0) is 74.9 Å². The first-order valence-corrected chi connectivity index (χ1v) is 10.6. The molecule has 0 unspecified atom stereocenters. The number of ether oxygens (including phenoxy) is 1. The Morgan fingerprint density at radius 2 is 1.67 bits per heavy atom. The quantitative estimate of drug-likeness (QED) is 0.407. The first kappa shape index (κ1) is 19.9. The van der Waals surface area contributed by atoms with Crippen molar-refractivity contribution in [1.82, 2.24) is 9.55 Å². The number of aryl methyl sites for hydroxylation is 4. The van der Waals surface area contributed by atoms with E-state index in [0.717, 1.165) is 57.6 Å². The summed E-state index contributed by atoms with van der Waals surface area (Å²) in [6, 6.07) is 6.87. The highest BCUT2D eigenvalue weighted by atomic mass is 79.9. The molecule has 0 N–H and O–H groups in total. The van der Waals surface area contributed by atoms with E-state index in [4.69, 9.17) is 9.72 Å². The second-order valence-electron chi connectivity index (χ2n) is 7.32. The predicted molar refractivity (Wildman–Crippen MR) is 117 cm³/mol. The maximum absolute atomic E-state index is 6.45. The standard InChI is InChI=1S/C23H29BrN2O/c1-7-17-13-26(19(8-2)9-3)20-12-16(6)25-23(21(17)20)27-22-14(4)10-18(24)11-15(22)5/h10-13,19H,7-9H2,1-6H3. The number of nitrogens with zero attached hydrogens (tertiary/aromatic N) is 2. The largest absolute Gasteiger partial charge is 0.438 e. The molecule has 0 fully saturated rings. The van der Waals surface area contributed by atoms with E-state index < -0.39 is 0 Å². The molecule has 0 saturated carbocycles. The highest BCUT2D eigenvalue weighted by molar-refractivity contribution is 9.10. The molecule has 0 spiro atoms. The lowest BCUT2D eigenvalue weighted by molar-refractivity contribution is 0.459. The second-order valence-corrected chi connectivity index (χ2v) is 8.23. The van der Waals surface area contributed by atoms with Gasteiger partial charge >= 0.3 is 0 Å². The molecule has 0 aliphatic rings. The Labute approximate surface area is 170 Å². The van der Waals surface area contributed by atoms with Crippen molar-refractivity contribution >= 4 is 26.8 Å². The van der Waals surface area contributed by atoms with Crippen molar-refractivity contribution in [1.29, 1.82) is 0 Å². The summed E-state index contributed by atoms with van der Waals surface area (Å²) in [6.07, 6.45) is 5.50. The fraction of sp³-hybridized carbons (Fsp3) is 0.435. The lowest BCUT2D eigenvalue weighted by atomic mass is 10.1. The minimum atomic E-state index is 0.499. The zero-order valence-corrected chi connectivity index (χ0v) is 18.8. The SMILES string of the molecule is CCc1cn(C(CC)CC)c2cc(C)nc(Oc3c(C)cc(Br)cc3C)c12. The maximum atomic E-state index is 6.45. The third-order valence-electron chi connectivity index (χ3n) is 5.33.